The Bertz CT molecular complexity index is 813. The first-order valence-electron chi connectivity index (χ1n) is 17.1. The lowest BCUT2D eigenvalue weighted by molar-refractivity contribution is -0.154. The Kier molecular flexibility index (Phi) is 31.7. The fourth-order valence-electron chi connectivity index (χ4n) is 4.30. The van der Waals surface area contributed by atoms with E-state index in [0.717, 1.165) is 38.5 Å². The van der Waals surface area contributed by atoms with Gasteiger partial charge in [0.15, 0.2) is 0 Å². The van der Waals surface area contributed by atoms with Crippen molar-refractivity contribution in [1.82, 2.24) is 0 Å². The Labute approximate surface area is 269 Å². The van der Waals surface area contributed by atoms with Gasteiger partial charge in [0.05, 0.1) is 19.8 Å². The summed E-state index contributed by atoms with van der Waals surface area (Å²) in [5.41, 5.74) is 5.33. The van der Waals surface area contributed by atoms with Crippen molar-refractivity contribution < 1.29 is 32.8 Å². The molecule has 256 valence electrons. The molecule has 3 N–H and O–H groups in total. The molecule has 0 aliphatic heterocycles. The lowest BCUT2D eigenvalue weighted by atomic mass is 10.1. The minimum atomic E-state index is -4.28. The highest BCUT2D eigenvalue weighted by Gasteiger charge is 2.25. The molecule has 0 bridgehead atoms. The van der Waals surface area contributed by atoms with Gasteiger partial charge in [-0.15, -0.1) is 0 Å². The number of hydrogen-bond donors (Lipinski definition) is 2. The van der Waals surface area contributed by atoms with Crippen molar-refractivity contribution in [3.8, 4) is 0 Å². The third kappa shape index (κ3) is 31.9. The minimum absolute atomic E-state index is 0.0879. The van der Waals surface area contributed by atoms with Crippen LogP contribution < -0.4 is 5.73 Å². The van der Waals surface area contributed by atoms with Crippen LogP contribution in [-0.4, -0.2) is 49.9 Å². The van der Waals surface area contributed by atoms with Gasteiger partial charge >= 0.3 is 13.8 Å². The summed E-state index contributed by atoms with van der Waals surface area (Å²) in [7, 11) is -4.28. The van der Waals surface area contributed by atoms with Crippen LogP contribution in [0, 0.1) is 0 Å². The van der Waals surface area contributed by atoms with Crippen LogP contribution in [0.5, 0.6) is 0 Å². The zero-order valence-corrected chi connectivity index (χ0v) is 28.8. The summed E-state index contributed by atoms with van der Waals surface area (Å²) < 4.78 is 33.1. The molecule has 0 spiro atoms. The fourth-order valence-corrected chi connectivity index (χ4v) is 5.07. The molecule has 44 heavy (non-hydrogen) atoms. The van der Waals surface area contributed by atoms with Crippen molar-refractivity contribution in [2.45, 2.75) is 136 Å². The summed E-state index contributed by atoms with van der Waals surface area (Å²) >= 11 is 0. The molecule has 0 fully saturated rings. The molecule has 0 heterocycles. The van der Waals surface area contributed by atoms with Gasteiger partial charge in [-0.05, 0) is 38.5 Å². The van der Waals surface area contributed by atoms with Gasteiger partial charge in [-0.25, -0.2) is 4.57 Å². The number of ether oxygens (including phenoxy) is 2. The Morgan fingerprint density at radius 2 is 1.23 bits per heavy atom. The van der Waals surface area contributed by atoms with Crippen molar-refractivity contribution in [1.29, 1.82) is 0 Å². The highest BCUT2D eigenvalue weighted by molar-refractivity contribution is 7.47. The molecule has 0 saturated heterocycles. The number of rotatable bonds is 32. The number of unbranched alkanes of at least 4 members (excludes halogenated alkanes) is 11. The summed E-state index contributed by atoms with van der Waals surface area (Å²) in [5, 5.41) is 0. The monoisotopic (exact) mass is 641 g/mol. The van der Waals surface area contributed by atoms with E-state index in [9.17, 15) is 14.3 Å². The number of esters is 1. The summed E-state index contributed by atoms with van der Waals surface area (Å²) in [6.07, 6.45) is 35.7. The second-order valence-electron chi connectivity index (χ2n) is 11.0. The van der Waals surface area contributed by atoms with Gasteiger partial charge in [-0.3, -0.25) is 13.8 Å². The molecule has 0 aliphatic rings. The van der Waals surface area contributed by atoms with E-state index < -0.39 is 19.9 Å². The lowest BCUT2D eigenvalue weighted by Gasteiger charge is -2.20. The van der Waals surface area contributed by atoms with E-state index >= 15 is 0 Å². The van der Waals surface area contributed by atoms with Gasteiger partial charge in [-0.1, -0.05) is 133 Å². The Morgan fingerprint density at radius 1 is 0.705 bits per heavy atom. The Morgan fingerprint density at radius 3 is 1.77 bits per heavy atom. The summed E-state index contributed by atoms with van der Waals surface area (Å²) in [4.78, 5) is 22.2. The molecule has 0 radical (unpaired) electrons. The molecule has 0 aliphatic carbocycles. The third-order valence-corrected chi connectivity index (χ3v) is 7.76. The number of nitrogens with two attached hydrogens (primary N) is 1. The summed E-state index contributed by atoms with van der Waals surface area (Å²) in [6.45, 7) is 4.68. The fraction of sp³-hybridized carbons (Fsp3) is 0.743. The van der Waals surface area contributed by atoms with Gasteiger partial charge in [0.25, 0.3) is 0 Å². The van der Waals surface area contributed by atoms with E-state index in [4.69, 9.17) is 24.3 Å². The molecular formula is C35H64NO7P. The first-order valence-corrected chi connectivity index (χ1v) is 18.6. The Hall–Kier alpha value is -1.54. The standard InChI is InChI=1S/C35H64NO7P/c1-3-5-7-9-11-13-15-17-18-20-22-24-26-28-35(37)43-34(33-42-44(38,39)41-31-29-36)32-40-30-27-25-23-21-19-16-14-12-10-8-6-4-2/h5,7,11,13,17-18,22,24,34H,3-4,6,8-10,12,14-16,19-21,23,25-33,36H2,1-2H3,(H,38,39)/b7-5-,13-11-,18-17-,24-22-. The largest absolute Gasteiger partial charge is 0.472 e. The average molecular weight is 642 g/mol. The zero-order valence-electron chi connectivity index (χ0n) is 27.9. The Balaban J connectivity index is 4.26. The van der Waals surface area contributed by atoms with E-state index in [-0.39, 0.29) is 32.8 Å². The number of phosphoric acid groups is 1. The summed E-state index contributed by atoms with van der Waals surface area (Å²) in [6, 6.07) is 0. The first-order chi connectivity index (χ1) is 21.4. The predicted octanol–water partition coefficient (Wildman–Crippen LogP) is 9.29. The highest BCUT2D eigenvalue weighted by atomic mass is 31.2. The maximum atomic E-state index is 12.4. The number of allylic oxidation sites excluding steroid dienone is 8. The van der Waals surface area contributed by atoms with Gasteiger partial charge in [-0.2, -0.15) is 0 Å². The van der Waals surface area contributed by atoms with E-state index in [2.05, 4.69) is 50.3 Å². The van der Waals surface area contributed by atoms with E-state index in [1.807, 2.05) is 12.2 Å². The molecule has 2 atom stereocenters. The minimum Gasteiger partial charge on any atom is -0.457 e. The topological polar surface area (TPSA) is 117 Å². The molecule has 0 rings (SSSR count). The van der Waals surface area contributed by atoms with Crippen LogP contribution in [-0.2, 0) is 27.9 Å². The van der Waals surface area contributed by atoms with Crippen molar-refractivity contribution >= 4 is 13.8 Å². The normalized spacial score (nSPS) is 14.4. The van der Waals surface area contributed by atoms with Crippen LogP contribution in [0.3, 0.4) is 0 Å². The third-order valence-electron chi connectivity index (χ3n) is 6.77. The molecule has 0 saturated carbocycles. The van der Waals surface area contributed by atoms with Crippen LogP contribution in [0.25, 0.3) is 0 Å². The molecule has 0 aromatic heterocycles. The van der Waals surface area contributed by atoms with Crippen LogP contribution in [0.1, 0.15) is 129 Å². The molecule has 8 nitrogen and oxygen atoms in total. The number of carbonyl (C=O) groups is 1. The van der Waals surface area contributed by atoms with Gasteiger partial charge < -0.3 is 20.1 Å². The van der Waals surface area contributed by atoms with Crippen LogP contribution in [0.4, 0.5) is 0 Å². The molecule has 0 amide bonds. The van der Waals surface area contributed by atoms with Gasteiger partial charge in [0, 0.05) is 19.6 Å². The van der Waals surface area contributed by atoms with E-state index in [1.54, 1.807) is 0 Å². The maximum Gasteiger partial charge on any atom is 0.472 e. The van der Waals surface area contributed by atoms with E-state index in [0.29, 0.717) is 13.0 Å². The SMILES string of the molecule is CC/C=C\C/C=C\C/C=C\C/C=C\CCC(=O)OC(COCCCCCCCCCCCCCC)COP(=O)(O)OCCN. The van der Waals surface area contributed by atoms with Crippen molar-refractivity contribution in [3.63, 3.8) is 0 Å². The second-order valence-corrected chi connectivity index (χ2v) is 12.5. The van der Waals surface area contributed by atoms with Crippen LogP contribution in [0.15, 0.2) is 48.6 Å². The van der Waals surface area contributed by atoms with Gasteiger partial charge in [0.2, 0.25) is 0 Å². The number of phosphoric ester groups is 1. The maximum absolute atomic E-state index is 12.4. The second kappa shape index (κ2) is 32.8. The highest BCUT2D eigenvalue weighted by Crippen LogP contribution is 2.43. The lowest BCUT2D eigenvalue weighted by Crippen LogP contribution is -2.28. The van der Waals surface area contributed by atoms with Crippen molar-refractivity contribution in [2.24, 2.45) is 5.73 Å². The predicted molar refractivity (Wildman–Crippen MR) is 182 cm³/mol. The van der Waals surface area contributed by atoms with Crippen LogP contribution in [0.2, 0.25) is 0 Å². The number of hydrogen-bond acceptors (Lipinski definition) is 7. The van der Waals surface area contributed by atoms with Gasteiger partial charge in [0.1, 0.15) is 6.10 Å². The molecule has 0 aromatic carbocycles. The molecular weight excluding hydrogens is 577 g/mol. The smallest absolute Gasteiger partial charge is 0.457 e. The summed E-state index contributed by atoms with van der Waals surface area (Å²) in [5.74, 6) is -0.411. The first kappa shape index (κ1) is 42.5. The van der Waals surface area contributed by atoms with E-state index in [1.165, 1.54) is 64.2 Å². The molecule has 0 aromatic rings. The van der Waals surface area contributed by atoms with Crippen molar-refractivity contribution in [3.05, 3.63) is 48.6 Å². The average Bonchev–Trinajstić information content (AvgIpc) is 3.01. The quantitative estimate of drug-likeness (QED) is 0.0323. The van der Waals surface area contributed by atoms with Crippen molar-refractivity contribution in [2.75, 3.05) is 33.0 Å². The van der Waals surface area contributed by atoms with Crippen LogP contribution >= 0.6 is 7.82 Å². The number of carbonyl (C=O) groups excluding carboxylic acids is 1. The zero-order chi connectivity index (χ0) is 32.4. The molecule has 9 heteroatoms. The molecule has 2 unspecified atom stereocenters.